The topological polar surface area (TPSA) is 108 Å². The quantitative estimate of drug-likeness (QED) is 0.0211. The summed E-state index contributed by atoms with van der Waals surface area (Å²) in [4.78, 5) is 35.5. The van der Waals surface area contributed by atoms with E-state index in [1.54, 1.807) is 0 Å². The summed E-state index contributed by atoms with van der Waals surface area (Å²) in [7, 11) is 1.43. The molecule has 2 atom stereocenters. The SMILES string of the molecule is CC/C=C\C/C=C\C/C=C\C/C=C\C/C=C\CCCC(=O)OC(COC(=O)CCCCCCCCCCCCCCC/C=C\C/C=C\CCCCCCC)COP(=O)(O)OCC[N+](C)(C)C. The Morgan fingerprint density at radius 1 is 0.485 bits per heavy atom. The van der Waals surface area contributed by atoms with Crippen molar-refractivity contribution in [3.8, 4) is 0 Å². The van der Waals surface area contributed by atoms with Crippen LogP contribution >= 0.6 is 7.82 Å². The van der Waals surface area contributed by atoms with Crippen LogP contribution in [-0.4, -0.2) is 74.9 Å². The molecule has 10 heteroatoms. The Bertz CT molecular complexity index is 1390. The molecule has 0 spiro atoms. The fourth-order valence-electron chi connectivity index (χ4n) is 6.85. The van der Waals surface area contributed by atoms with Crippen molar-refractivity contribution in [2.45, 2.75) is 213 Å². The molecule has 0 aliphatic carbocycles. The van der Waals surface area contributed by atoms with E-state index < -0.39 is 26.5 Å². The van der Waals surface area contributed by atoms with Gasteiger partial charge in [-0.15, -0.1) is 0 Å². The summed E-state index contributed by atoms with van der Waals surface area (Å²) in [6.45, 7) is 4.24. The molecule has 0 amide bonds. The van der Waals surface area contributed by atoms with Gasteiger partial charge in [0.25, 0.3) is 0 Å². The first-order valence-corrected chi connectivity index (χ1v) is 27.8. The van der Waals surface area contributed by atoms with Crippen LogP contribution in [0.5, 0.6) is 0 Å². The second-order valence-corrected chi connectivity index (χ2v) is 20.0. The van der Waals surface area contributed by atoms with Crippen molar-refractivity contribution >= 4 is 19.8 Å². The lowest BCUT2D eigenvalue weighted by atomic mass is 10.0. The molecule has 0 aromatic rings. The summed E-state index contributed by atoms with van der Waals surface area (Å²) in [5.74, 6) is -0.870. The molecule has 0 aromatic heterocycles. The Morgan fingerprint density at radius 3 is 1.33 bits per heavy atom. The summed E-state index contributed by atoms with van der Waals surface area (Å²) in [6, 6.07) is 0. The molecule has 0 heterocycles. The van der Waals surface area contributed by atoms with Gasteiger partial charge in [-0.25, -0.2) is 4.57 Å². The molecule has 1 N–H and O–H groups in total. The van der Waals surface area contributed by atoms with Crippen molar-refractivity contribution in [1.82, 2.24) is 0 Å². The smallest absolute Gasteiger partial charge is 0.462 e. The van der Waals surface area contributed by atoms with Gasteiger partial charge in [0, 0.05) is 12.8 Å². The van der Waals surface area contributed by atoms with Gasteiger partial charge in [-0.1, -0.05) is 195 Å². The fourth-order valence-corrected chi connectivity index (χ4v) is 7.59. The summed E-state index contributed by atoms with van der Waals surface area (Å²) < 4.78 is 34.4. The van der Waals surface area contributed by atoms with E-state index >= 15 is 0 Å². The van der Waals surface area contributed by atoms with Gasteiger partial charge >= 0.3 is 19.8 Å². The van der Waals surface area contributed by atoms with Crippen molar-refractivity contribution in [1.29, 1.82) is 0 Å². The predicted molar refractivity (Wildman–Crippen MR) is 279 cm³/mol. The van der Waals surface area contributed by atoms with Crippen LogP contribution in [0.2, 0.25) is 0 Å². The number of rotatable bonds is 47. The molecule has 0 saturated heterocycles. The lowest BCUT2D eigenvalue weighted by Gasteiger charge is -2.24. The molecule has 66 heavy (non-hydrogen) atoms. The minimum Gasteiger partial charge on any atom is -0.462 e. The number of esters is 2. The number of quaternary nitrogens is 1. The Labute approximate surface area is 405 Å². The molecule has 2 unspecified atom stereocenters. The van der Waals surface area contributed by atoms with E-state index in [1.165, 1.54) is 109 Å². The third-order valence-corrected chi connectivity index (χ3v) is 11.9. The van der Waals surface area contributed by atoms with Gasteiger partial charge in [0.15, 0.2) is 6.10 Å². The van der Waals surface area contributed by atoms with Crippen LogP contribution in [0.25, 0.3) is 0 Å². The van der Waals surface area contributed by atoms with E-state index in [0.717, 1.165) is 57.8 Å². The minimum atomic E-state index is -4.40. The van der Waals surface area contributed by atoms with Gasteiger partial charge < -0.3 is 18.9 Å². The Kier molecular flexibility index (Phi) is 45.3. The molecule has 9 nitrogen and oxygen atoms in total. The maximum Gasteiger partial charge on any atom is 0.472 e. The van der Waals surface area contributed by atoms with Crippen LogP contribution in [0, 0.1) is 0 Å². The fraction of sp³-hybridized carbons (Fsp3) is 0.714. The van der Waals surface area contributed by atoms with Crippen LogP contribution < -0.4 is 0 Å². The monoisotopic (exact) mass is 945 g/mol. The van der Waals surface area contributed by atoms with E-state index in [2.05, 4.69) is 92.8 Å². The lowest BCUT2D eigenvalue weighted by molar-refractivity contribution is -0.870. The van der Waals surface area contributed by atoms with Gasteiger partial charge in [-0.05, 0) is 83.5 Å². The number of allylic oxidation sites excluding steroid dienone is 14. The molecule has 0 fully saturated rings. The zero-order valence-corrected chi connectivity index (χ0v) is 43.8. The number of carbonyl (C=O) groups is 2. The molecular formula is C56H99NO8P+. The second-order valence-electron chi connectivity index (χ2n) is 18.5. The molecule has 0 saturated carbocycles. The highest BCUT2D eigenvalue weighted by Gasteiger charge is 2.27. The summed E-state index contributed by atoms with van der Waals surface area (Å²) in [6.07, 6.45) is 62.3. The van der Waals surface area contributed by atoms with Crippen molar-refractivity contribution in [3.05, 3.63) is 85.1 Å². The number of unbranched alkanes of at least 4 members (excludes halogenated alkanes) is 19. The van der Waals surface area contributed by atoms with Gasteiger partial charge in [0.05, 0.1) is 27.7 Å². The van der Waals surface area contributed by atoms with E-state index in [0.29, 0.717) is 23.9 Å². The third kappa shape index (κ3) is 50.6. The van der Waals surface area contributed by atoms with E-state index in [1.807, 2.05) is 27.2 Å². The average Bonchev–Trinajstić information content (AvgIpc) is 3.27. The molecule has 0 radical (unpaired) electrons. The Hall–Kier alpha value is -2.81. The van der Waals surface area contributed by atoms with Gasteiger partial charge in [-0.2, -0.15) is 0 Å². The Morgan fingerprint density at radius 2 is 0.879 bits per heavy atom. The number of likely N-dealkylation sites (N-methyl/N-ethyl adjacent to an activating group) is 1. The summed E-state index contributed by atoms with van der Waals surface area (Å²) >= 11 is 0. The van der Waals surface area contributed by atoms with Crippen molar-refractivity contribution in [2.75, 3.05) is 47.5 Å². The first-order chi connectivity index (χ1) is 32.0. The lowest BCUT2D eigenvalue weighted by Crippen LogP contribution is -2.37. The van der Waals surface area contributed by atoms with Crippen molar-refractivity contribution in [2.24, 2.45) is 0 Å². The van der Waals surface area contributed by atoms with E-state index in [4.69, 9.17) is 18.5 Å². The highest BCUT2D eigenvalue weighted by atomic mass is 31.2. The normalized spacial score (nSPS) is 14.1. The van der Waals surface area contributed by atoms with E-state index in [9.17, 15) is 19.0 Å². The van der Waals surface area contributed by atoms with Gasteiger partial charge in [-0.3, -0.25) is 18.6 Å². The van der Waals surface area contributed by atoms with Crippen LogP contribution in [0.3, 0.4) is 0 Å². The predicted octanol–water partition coefficient (Wildman–Crippen LogP) is 15.9. The summed E-state index contributed by atoms with van der Waals surface area (Å²) in [5.41, 5.74) is 0. The largest absolute Gasteiger partial charge is 0.472 e. The number of phosphoric acid groups is 1. The van der Waals surface area contributed by atoms with Crippen LogP contribution in [0.15, 0.2) is 85.1 Å². The molecule has 380 valence electrons. The number of hydrogen-bond donors (Lipinski definition) is 1. The van der Waals surface area contributed by atoms with Gasteiger partial charge in [0.1, 0.15) is 19.8 Å². The molecule has 0 aliphatic heterocycles. The zero-order chi connectivity index (χ0) is 48.5. The van der Waals surface area contributed by atoms with Crippen molar-refractivity contribution < 1.29 is 42.1 Å². The first kappa shape index (κ1) is 63.2. The third-order valence-electron chi connectivity index (χ3n) is 10.9. The second kappa shape index (κ2) is 47.3. The van der Waals surface area contributed by atoms with Crippen LogP contribution in [-0.2, 0) is 32.7 Å². The van der Waals surface area contributed by atoms with Crippen LogP contribution in [0.4, 0.5) is 0 Å². The molecule has 0 aromatic carbocycles. The number of ether oxygens (including phenoxy) is 2. The molecular weight excluding hydrogens is 846 g/mol. The molecule has 0 aliphatic rings. The standard InChI is InChI=1S/C56H98NO8P/c1-6-8-10-12-14-16-18-20-22-24-25-26-27-28-29-30-31-33-34-36-38-40-42-44-46-48-55(58)62-52-54(53-64-66(60,61)63-51-50-57(3,4)5)65-56(59)49-47-45-43-41-39-37-35-32-23-21-19-17-15-13-11-9-7-2/h9,11,15,17-18,20-21,23-25,35,37,41,43,54H,6-8,10,12-14,16,19,22,26-34,36,38-40,42,44-53H2,1-5H3/p+1/b11-9-,17-15-,20-18-,23-21-,25-24-,37-35-,43-41-. The maximum atomic E-state index is 12.7. The van der Waals surface area contributed by atoms with E-state index in [-0.39, 0.29) is 32.0 Å². The number of phosphoric ester groups is 1. The average molecular weight is 945 g/mol. The van der Waals surface area contributed by atoms with Crippen LogP contribution in [0.1, 0.15) is 206 Å². The number of nitrogens with zero attached hydrogens (tertiary/aromatic N) is 1. The molecule has 0 bridgehead atoms. The highest BCUT2D eigenvalue weighted by Crippen LogP contribution is 2.43. The zero-order valence-electron chi connectivity index (χ0n) is 42.9. The first-order valence-electron chi connectivity index (χ1n) is 26.3. The highest BCUT2D eigenvalue weighted by molar-refractivity contribution is 7.47. The van der Waals surface area contributed by atoms with Crippen molar-refractivity contribution in [3.63, 3.8) is 0 Å². The number of carbonyl (C=O) groups excluding carboxylic acids is 2. The molecule has 0 rings (SSSR count). The minimum absolute atomic E-state index is 0.0172. The number of hydrogen-bond acceptors (Lipinski definition) is 7. The summed E-state index contributed by atoms with van der Waals surface area (Å²) in [5, 5.41) is 0. The Balaban J connectivity index is 4.26. The maximum absolute atomic E-state index is 12.7. The van der Waals surface area contributed by atoms with Gasteiger partial charge in [0.2, 0.25) is 0 Å².